The van der Waals surface area contributed by atoms with Gasteiger partial charge >= 0.3 is 0 Å². The van der Waals surface area contributed by atoms with Crippen molar-refractivity contribution in [1.29, 1.82) is 0 Å². The van der Waals surface area contributed by atoms with Gasteiger partial charge in [0.15, 0.2) is 0 Å². The Labute approximate surface area is 86.9 Å². The third-order valence-electron chi connectivity index (χ3n) is 2.95. The van der Waals surface area contributed by atoms with Gasteiger partial charge in [0.05, 0.1) is 6.04 Å². The Morgan fingerprint density at radius 1 is 1.36 bits per heavy atom. The molecule has 1 amide bonds. The van der Waals surface area contributed by atoms with E-state index in [0.29, 0.717) is 0 Å². The smallest absolute Gasteiger partial charge is 0.239 e. The highest BCUT2D eigenvalue weighted by Crippen LogP contribution is 2.15. The number of hydrogen-bond donors (Lipinski definition) is 1. The molecule has 1 rings (SSSR count). The van der Waals surface area contributed by atoms with E-state index in [-0.39, 0.29) is 17.5 Å². The Balaban J connectivity index is 2.55. The van der Waals surface area contributed by atoms with Gasteiger partial charge in [-0.2, -0.15) is 0 Å². The van der Waals surface area contributed by atoms with Crippen LogP contribution in [0.2, 0.25) is 0 Å². The third-order valence-corrected chi connectivity index (χ3v) is 2.95. The van der Waals surface area contributed by atoms with Gasteiger partial charge in [-0.3, -0.25) is 4.79 Å². The van der Waals surface area contributed by atoms with Crippen LogP contribution in [0, 0.1) is 0 Å². The number of rotatable bonds is 1. The molecule has 1 saturated heterocycles. The fraction of sp³-hybridized carbons (Fsp3) is 0.909. The van der Waals surface area contributed by atoms with Crippen LogP contribution in [0.1, 0.15) is 40.0 Å². The van der Waals surface area contributed by atoms with Crippen LogP contribution < -0.4 is 5.32 Å². The first-order valence-electron chi connectivity index (χ1n) is 5.44. The molecule has 0 aliphatic carbocycles. The van der Waals surface area contributed by atoms with Crippen molar-refractivity contribution >= 4 is 5.91 Å². The molecule has 1 aliphatic heterocycles. The Kier molecular flexibility index (Phi) is 3.53. The Bertz CT molecular complexity index is 202. The maximum absolute atomic E-state index is 12.0. The number of amides is 1. The summed E-state index contributed by atoms with van der Waals surface area (Å²) in [6.45, 7) is 7.17. The van der Waals surface area contributed by atoms with E-state index in [1.807, 2.05) is 11.9 Å². The van der Waals surface area contributed by atoms with Crippen LogP contribution >= 0.6 is 0 Å². The minimum atomic E-state index is -0.0732. The molecule has 14 heavy (non-hydrogen) atoms. The Hall–Kier alpha value is -0.570. The molecule has 3 nitrogen and oxygen atoms in total. The van der Waals surface area contributed by atoms with E-state index >= 15 is 0 Å². The molecule has 1 aliphatic rings. The first kappa shape index (κ1) is 11.5. The second-order valence-corrected chi connectivity index (χ2v) is 5.07. The molecule has 1 heterocycles. The summed E-state index contributed by atoms with van der Waals surface area (Å²) in [6, 6.07) is 0.0491. The molecular weight excluding hydrogens is 176 g/mol. The minimum absolute atomic E-state index is 0.0491. The van der Waals surface area contributed by atoms with Crippen molar-refractivity contribution < 1.29 is 4.79 Å². The van der Waals surface area contributed by atoms with Gasteiger partial charge in [-0.05, 0) is 40.2 Å². The average molecular weight is 198 g/mol. The van der Waals surface area contributed by atoms with Crippen LogP contribution in [0.25, 0.3) is 0 Å². The zero-order chi connectivity index (χ0) is 10.8. The monoisotopic (exact) mass is 198 g/mol. The second kappa shape index (κ2) is 4.30. The fourth-order valence-corrected chi connectivity index (χ4v) is 1.63. The Morgan fingerprint density at radius 3 is 2.43 bits per heavy atom. The van der Waals surface area contributed by atoms with Gasteiger partial charge < -0.3 is 10.2 Å². The largest absolute Gasteiger partial charge is 0.340 e. The van der Waals surface area contributed by atoms with Gasteiger partial charge in [-0.15, -0.1) is 0 Å². The number of carbonyl (C=O) groups excluding carboxylic acids is 1. The van der Waals surface area contributed by atoms with E-state index in [1.165, 1.54) is 12.8 Å². The van der Waals surface area contributed by atoms with Crippen LogP contribution in [0.5, 0.6) is 0 Å². The topological polar surface area (TPSA) is 32.3 Å². The van der Waals surface area contributed by atoms with E-state index < -0.39 is 0 Å². The predicted molar refractivity (Wildman–Crippen MR) is 58.2 cm³/mol. The van der Waals surface area contributed by atoms with Crippen molar-refractivity contribution in [3.8, 4) is 0 Å². The zero-order valence-corrected chi connectivity index (χ0v) is 9.76. The van der Waals surface area contributed by atoms with Crippen molar-refractivity contribution in [2.75, 3.05) is 13.6 Å². The number of likely N-dealkylation sites (N-methyl/N-ethyl adjacent to an activating group) is 1. The quantitative estimate of drug-likeness (QED) is 0.690. The lowest BCUT2D eigenvalue weighted by atomic mass is 10.0. The minimum Gasteiger partial charge on any atom is -0.340 e. The molecule has 0 radical (unpaired) electrons. The van der Waals surface area contributed by atoms with Crippen LogP contribution in [0.15, 0.2) is 0 Å². The number of nitrogens with one attached hydrogen (secondary N) is 1. The highest BCUT2D eigenvalue weighted by Gasteiger charge is 2.29. The fourth-order valence-electron chi connectivity index (χ4n) is 1.63. The maximum Gasteiger partial charge on any atom is 0.239 e. The molecule has 0 aromatic heterocycles. The predicted octanol–water partition coefficient (Wildman–Crippen LogP) is 1.39. The molecule has 82 valence electrons. The summed E-state index contributed by atoms with van der Waals surface area (Å²) in [5.74, 6) is 0.234. The van der Waals surface area contributed by atoms with E-state index in [9.17, 15) is 4.79 Å². The number of nitrogens with zero attached hydrogens (tertiary/aromatic N) is 1. The van der Waals surface area contributed by atoms with Gasteiger partial charge in [0, 0.05) is 12.6 Å². The second-order valence-electron chi connectivity index (χ2n) is 5.07. The third kappa shape index (κ3) is 2.71. The molecule has 3 heteroatoms. The summed E-state index contributed by atoms with van der Waals surface area (Å²) in [5.41, 5.74) is -0.0732. The Morgan fingerprint density at radius 2 is 2.00 bits per heavy atom. The van der Waals surface area contributed by atoms with E-state index in [4.69, 9.17) is 0 Å². The van der Waals surface area contributed by atoms with Crippen LogP contribution in [0.4, 0.5) is 0 Å². The number of piperidine rings is 1. The standard InChI is InChI=1S/C11H22N2O/c1-11(2,3)13(4)10(14)9-7-5-6-8-12-9/h9,12H,5-8H2,1-4H3. The van der Waals surface area contributed by atoms with Crippen molar-refractivity contribution in [3.05, 3.63) is 0 Å². The number of hydrogen-bond acceptors (Lipinski definition) is 2. The van der Waals surface area contributed by atoms with Crippen LogP contribution in [0.3, 0.4) is 0 Å². The highest BCUT2D eigenvalue weighted by molar-refractivity contribution is 5.82. The molecule has 1 fully saturated rings. The van der Waals surface area contributed by atoms with Crippen LogP contribution in [-0.4, -0.2) is 36.0 Å². The number of carbonyl (C=O) groups is 1. The lowest BCUT2D eigenvalue weighted by molar-refractivity contribution is -0.136. The normalized spacial score (nSPS) is 23.3. The summed E-state index contributed by atoms with van der Waals surface area (Å²) in [4.78, 5) is 13.9. The molecule has 0 saturated carbocycles. The molecule has 0 spiro atoms. The van der Waals surface area contributed by atoms with Crippen molar-refractivity contribution in [1.82, 2.24) is 10.2 Å². The van der Waals surface area contributed by atoms with Crippen molar-refractivity contribution in [2.45, 2.75) is 51.6 Å². The first-order chi connectivity index (χ1) is 6.43. The van der Waals surface area contributed by atoms with Gasteiger partial charge in [-0.25, -0.2) is 0 Å². The zero-order valence-electron chi connectivity index (χ0n) is 9.76. The molecule has 0 aromatic rings. The maximum atomic E-state index is 12.0. The van der Waals surface area contributed by atoms with E-state index in [1.54, 1.807) is 0 Å². The van der Waals surface area contributed by atoms with Gasteiger partial charge in [0.25, 0.3) is 0 Å². The molecule has 1 N–H and O–H groups in total. The molecule has 1 unspecified atom stereocenters. The summed E-state index contributed by atoms with van der Waals surface area (Å²) in [6.07, 6.45) is 3.35. The van der Waals surface area contributed by atoms with E-state index in [2.05, 4.69) is 26.1 Å². The van der Waals surface area contributed by atoms with Gasteiger partial charge in [0.1, 0.15) is 0 Å². The van der Waals surface area contributed by atoms with Crippen molar-refractivity contribution in [2.24, 2.45) is 0 Å². The highest BCUT2D eigenvalue weighted by atomic mass is 16.2. The molecule has 1 atom stereocenters. The molecular formula is C11H22N2O. The van der Waals surface area contributed by atoms with Crippen molar-refractivity contribution in [3.63, 3.8) is 0 Å². The molecule has 0 aromatic carbocycles. The lowest BCUT2D eigenvalue weighted by Crippen LogP contribution is -2.52. The summed E-state index contributed by atoms with van der Waals surface area (Å²) >= 11 is 0. The molecule has 0 bridgehead atoms. The lowest BCUT2D eigenvalue weighted by Gasteiger charge is -2.36. The van der Waals surface area contributed by atoms with E-state index in [0.717, 1.165) is 13.0 Å². The SMILES string of the molecule is CN(C(=O)C1CCCCN1)C(C)(C)C. The average Bonchev–Trinajstić information content (AvgIpc) is 2.15. The summed E-state index contributed by atoms with van der Waals surface area (Å²) in [5, 5.41) is 3.28. The summed E-state index contributed by atoms with van der Waals surface area (Å²) in [7, 11) is 1.89. The van der Waals surface area contributed by atoms with Crippen LogP contribution in [-0.2, 0) is 4.79 Å². The van der Waals surface area contributed by atoms with Gasteiger partial charge in [-0.1, -0.05) is 6.42 Å². The summed E-state index contributed by atoms with van der Waals surface area (Å²) < 4.78 is 0. The first-order valence-corrected chi connectivity index (χ1v) is 5.44. The van der Waals surface area contributed by atoms with Gasteiger partial charge in [0.2, 0.25) is 5.91 Å².